The van der Waals surface area contributed by atoms with E-state index in [0.717, 1.165) is 4.47 Å². The summed E-state index contributed by atoms with van der Waals surface area (Å²) in [5.74, 6) is 0.692. The molecule has 0 aliphatic rings. The van der Waals surface area contributed by atoms with Gasteiger partial charge in [0.05, 0.1) is 12.3 Å². The van der Waals surface area contributed by atoms with E-state index >= 15 is 0 Å². The van der Waals surface area contributed by atoms with E-state index in [-0.39, 0.29) is 6.10 Å². The van der Waals surface area contributed by atoms with Crippen LogP contribution in [0.2, 0.25) is 0 Å². The van der Waals surface area contributed by atoms with Gasteiger partial charge in [-0.05, 0) is 25.1 Å². The quantitative estimate of drug-likeness (QED) is 0.845. The number of hydrogen-bond donors (Lipinski definition) is 1. The molecule has 2 N–H and O–H groups in total. The molecule has 0 amide bonds. The van der Waals surface area contributed by atoms with Crippen LogP contribution in [0.15, 0.2) is 22.7 Å². The van der Waals surface area contributed by atoms with Crippen LogP contribution < -0.4 is 10.5 Å². The van der Waals surface area contributed by atoms with Crippen molar-refractivity contribution in [2.24, 2.45) is 0 Å². The first-order valence-electron chi connectivity index (χ1n) is 4.34. The molecule has 0 spiro atoms. The second kappa shape index (κ2) is 5.22. The van der Waals surface area contributed by atoms with Crippen LogP contribution in [-0.2, 0) is 4.74 Å². The summed E-state index contributed by atoms with van der Waals surface area (Å²) < 4.78 is 11.5. The molecule has 0 aliphatic carbocycles. The molecule has 0 saturated carbocycles. The number of anilines is 1. The van der Waals surface area contributed by atoms with Gasteiger partial charge in [-0.25, -0.2) is 0 Å². The maximum atomic E-state index is 5.77. The van der Waals surface area contributed by atoms with Crippen molar-refractivity contribution < 1.29 is 9.47 Å². The van der Waals surface area contributed by atoms with E-state index in [1.165, 1.54) is 0 Å². The fourth-order valence-corrected chi connectivity index (χ4v) is 1.49. The zero-order chi connectivity index (χ0) is 10.6. The predicted octanol–water partition coefficient (Wildman–Crippen LogP) is 2.45. The van der Waals surface area contributed by atoms with Crippen molar-refractivity contribution in [1.82, 2.24) is 0 Å². The van der Waals surface area contributed by atoms with Crippen molar-refractivity contribution in [1.29, 1.82) is 0 Å². The van der Waals surface area contributed by atoms with E-state index in [1.54, 1.807) is 7.11 Å². The summed E-state index contributed by atoms with van der Waals surface area (Å²) in [5.41, 5.74) is 6.40. The Morgan fingerprint density at radius 1 is 1.50 bits per heavy atom. The fourth-order valence-electron chi connectivity index (χ4n) is 1.11. The third kappa shape index (κ3) is 3.20. The van der Waals surface area contributed by atoms with E-state index in [4.69, 9.17) is 15.2 Å². The molecule has 0 aliphatic heterocycles. The average Bonchev–Trinajstić information content (AvgIpc) is 2.10. The minimum Gasteiger partial charge on any atom is -0.486 e. The number of ether oxygens (including phenoxy) is 2. The van der Waals surface area contributed by atoms with Gasteiger partial charge < -0.3 is 15.2 Å². The maximum Gasteiger partial charge on any atom is 0.142 e. The number of benzene rings is 1. The highest BCUT2D eigenvalue weighted by Crippen LogP contribution is 2.25. The second-order valence-electron chi connectivity index (χ2n) is 3.07. The number of nitrogen functional groups attached to an aromatic ring is 1. The highest BCUT2D eigenvalue weighted by Gasteiger charge is 2.06. The molecule has 0 radical (unpaired) electrons. The summed E-state index contributed by atoms with van der Waals surface area (Å²) >= 11 is 3.33. The van der Waals surface area contributed by atoms with Crippen molar-refractivity contribution in [3.63, 3.8) is 0 Å². The lowest BCUT2D eigenvalue weighted by atomic mass is 10.3. The van der Waals surface area contributed by atoms with Crippen LogP contribution in [-0.4, -0.2) is 19.8 Å². The van der Waals surface area contributed by atoms with Crippen LogP contribution in [0.1, 0.15) is 6.92 Å². The van der Waals surface area contributed by atoms with Gasteiger partial charge in [0, 0.05) is 11.6 Å². The van der Waals surface area contributed by atoms with E-state index in [1.807, 2.05) is 25.1 Å². The minimum absolute atomic E-state index is 0.00322. The lowest BCUT2D eigenvalue weighted by molar-refractivity contribution is 0.0926. The monoisotopic (exact) mass is 259 g/mol. The minimum atomic E-state index is 0.00322. The van der Waals surface area contributed by atoms with Gasteiger partial charge in [0.15, 0.2) is 0 Å². The second-order valence-corrected chi connectivity index (χ2v) is 3.98. The zero-order valence-electron chi connectivity index (χ0n) is 8.29. The van der Waals surface area contributed by atoms with Crippen molar-refractivity contribution in [2.45, 2.75) is 13.0 Å². The number of nitrogens with two attached hydrogens (primary N) is 1. The van der Waals surface area contributed by atoms with Crippen LogP contribution in [0.25, 0.3) is 0 Å². The molecule has 1 atom stereocenters. The molecule has 1 aromatic rings. The fraction of sp³-hybridized carbons (Fsp3) is 0.400. The summed E-state index contributed by atoms with van der Waals surface area (Å²) in [7, 11) is 1.64. The van der Waals surface area contributed by atoms with Crippen LogP contribution in [0.5, 0.6) is 5.75 Å². The highest BCUT2D eigenvalue weighted by molar-refractivity contribution is 9.10. The third-order valence-electron chi connectivity index (χ3n) is 1.70. The molecule has 0 aromatic heterocycles. The summed E-state index contributed by atoms with van der Waals surface area (Å²) in [6.45, 7) is 2.49. The van der Waals surface area contributed by atoms with Gasteiger partial charge in [0.1, 0.15) is 11.9 Å². The van der Waals surface area contributed by atoms with Crippen LogP contribution in [0.4, 0.5) is 5.69 Å². The molecule has 14 heavy (non-hydrogen) atoms. The molecular weight excluding hydrogens is 246 g/mol. The predicted molar refractivity (Wildman–Crippen MR) is 60.5 cm³/mol. The van der Waals surface area contributed by atoms with Gasteiger partial charge in [-0.15, -0.1) is 0 Å². The largest absolute Gasteiger partial charge is 0.486 e. The summed E-state index contributed by atoms with van der Waals surface area (Å²) in [6.07, 6.45) is 0.00322. The lowest BCUT2D eigenvalue weighted by Crippen LogP contribution is -2.18. The smallest absolute Gasteiger partial charge is 0.142 e. The Balaban J connectivity index is 2.67. The standard InChI is InChI=1S/C10H14BrNO2/c1-7(6-13-2)14-10-4-3-8(11)5-9(10)12/h3-5,7H,6,12H2,1-2H3. The van der Waals surface area contributed by atoms with Crippen LogP contribution in [0.3, 0.4) is 0 Å². The van der Waals surface area contributed by atoms with Gasteiger partial charge in [0.25, 0.3) is 0 Å². The number of halogens is 1. The number of rotatable bonds is 4. The van der Waals surface area contributed by atoms with Gasteiger partial charge in [-0.1, -0.05) is 15.9 Å². The summed E-state index contributed by atoms with van der Waals surface area (Å²) in [5, 5.41) is 0. The zero-order valence-corrected chi connectivity index (χ0v) is 9.87. The molecule has 1 unspecified atom stereocenters. The Labute approximate surface area is 92.3 Å². The van der Waals surface area contributed by atoms with Crippen molar-refractivity contribution in [3.8, 4) is 5.75 Å². The molecule has 78 valence electrons. The van der Waals surface area contributed by atoms with E-state index in [0.29, 0.717) is 18.0 Å². The molecule has 1 aromatic carbocycles. The molecule has 0 bridgehead atoms. The topological polar surface area (TPSA) is 44.5 Å². The Morgan fingerprint density at radius 2 is 2.21 bits per heavy atom. The van der Waals surface area contributed by atoms with Crippen molar-refractivity contribution in [3.05, 3.63) is 22.7 Å². The average molecular weight is 260 g/mol. The Morgan fingerprint density at radius 3 is 2.79 bits per heavy atom. The first-order valence-corrected chi connectivity index (χ1v) is 5.13. The van der Waals surface area contributed by atoms with Crippen molar-refractivity contribution in [2.75, 3.05) is 19.5 Å². The summed E-state index contributed by atoms with van der Waals surface area (Å²) in [4.78, 5) is 0. The molecule has 4 heteroatoms. The van der Waals surface area contributed by atoms with Gasteiger partial charge in [-0.3, -0.25) is 0 Å². The molecule has 0 heterocycles. The molecular formula is C10H14BrNO2. The molecule has 1 rings (SSSR count). The number of hydrogen-bond acceptors (Lipinski definition) is 3. The maximum absolute atomic E-state index is 5.77. The highest BCUT2D eigenvalue weighted by atomic mass is 79.9. The Hall–Kier alpha value is -0.740. The van der Waals surface area contributed by atoms with Gasteiger partial charge in [0.2, 0.25) is 0 Å². The van der Waals surface area contributed by atoms with Gasteiger partial charge in [-0.2, -0.15) is 0 Å². The van der Waals surface area contributed by atoms with Crippen LogP contribution in [0, 0.1) is 0 Å². The lowest BCUT2D eigenvalue weighted by Gasteiger charge is -2.15. The molecule has 0 fully saturated rings. The van der Waals surface area contributed by atoms with E-state index < -0.39 is 0 Å². The van der Waals surface area contributed by atoms with Gasteiger partial charge >= 0.3 is 0 Å². The SMILES string of the molecule is COCC(C)Oc1ccc(Br)cc1N. The third-order valence-corrected chi connectivity index (χ3v) is 2.19. The number of methoxy groups -OCH3 is 1. The van der Waals surface area contributed by atoms with Crippen LogP contribution >= 0.6 is 15.9 Å². The summed E-state index contributed by atoms with van der Waals surface area (Å²) in [6, 6.07) is 5.55. The van der Waals surface area contributed by atoms with E-state index in [2.05, 4.69) is 15.9 Å². The Kier molecular flexibility index (Phi) is 4.22. The molecule has 3 nitrogen and oxygen atoms in total. The first kappa shape index (κ1) is 11.3. The van der Waals surface area contributed by atoms with Crippen molar-refractivity contribution >= 4 is 21.6 Å². The first-order chi connectivity index (χ1) is 6.63. The Bertz CT molecular complexity index is 304. The van der Waals surface area contributed by atoms with E-state index in [9.17, 15) is 0 Å². The molecule has 0 saturated heterocycles. The normalized spacial score (nSPS) is 12.5.